The topological polar surface area (TPSA) is 48.6 Å². The van der Waals surface area contributed by atoms with Crippen LogP contribution < -0.4 is 4.90 Å². The minimum Gasteiger partial charge on any atom is -0.462 e. The third-order valence-electron chi connectivity index (χ3n) is 7.77. The Bertz CT molecular complexity index is 1430. The predicted octanol–water partition coefficient (Wildman–Crippen LogP) is 7.10. The molecule has 4 aliphatic rings. The Balaban J connectivity index is 1.35. The van der Waals surface area contributed by atoms with Crippen molar-refractivity contribution in [3.63, 3.8) is 0 Å². The maximum absolute atomic E-state index is 10.2. The first kappa shape index (κ1) is 22.6. The lowest BCUT2D eigenvalue weighted by molar-refractivity contribution is 0.318. The van der Waals surface area contributed by atoms with Crippen LogP contribution in [-0.4, -0.2) is 18.8 Å². The summed E-state index contributed by atoms with van der Waals surface area (Å²) in [5, 5.41) is 10.2. The minimum atomic E-state index is -0.336. The van der Waals surface area contributed by atoms with Crippen LogP contribution in [0.4, 0.5) is 11.4 Å². The molecule has 0 spiro atoms. The Hall–Kier alpha value is -3.84. The molecule has 6 rings (SSSR count). The molecule has 0 atom stereocenters. The van der Waals surface area contributed by atoms with E-state index in [0.29, 0.717) is 5.57 Å². The Morgan fingerprint density at radius 2 is 1.78 bits per heavy atom. The van der Waals surface area contributed by atoms with Gasteiger partial charge in [-0.3, -0.25) is 4.99 Å². The number of hydrogen-bond donors (Lipinski definition) is 0. The van der Waals surface area contributed by atoms with Gasteiger partial charge in [-0.2, -0.15) is 5.26 Å². The first-order valence-corrected chi connectivity index (χ1v) is 12.9. The number of ether oxygens (including phenoxy) is 1. The van der Waals surface area contributed by atoms with Gasteiger partial charge in [0.1, 0.15) is 17.6 Å². The fourth-order valence-corrected chi connectivity index (χ4v) is 6.10. The average Bonchev–Trinajstić information content (AvgIpc) is 3.14. The maximum atomic E-state index is 10.2. The number of nitrogens with zero attached hydrogens (tertiary/aromatic N) is 3. The first-order valence-electron chi connectivity index (χ1n) is 12.9. The van der Waals surface area contributed by atoms with E-state index in [9.17, 15) is 5.26 Å². The fraction of sp³-hybridized carbons (Fsp3) is 0.312. The van der Waals surface area contributed by atoms with Crippen LogP contribution >= 0.6 is 0 Å². The highest BCUT2D eigenvalue weighted by atomic mass is 16.5. The highest BCUT2D eigenvalue weighted by molar-refractivity contribution is 6.15. The summed E-state index contributed by atoms with van der Waals surface area (Å²) in [5.74, 6) is 1.50. The van der Waals surface area contributed by atoms with Crippen LogP contribution in [-0.2, 0) is 23.0 Å². The molecule has 2 aromatic carbocycles. The molecule has 0 aliphatic carbocycles. The number of para-hydroxylation sites is 1. The van der Waals surface area contributed by atoms with E-state index >= 15 is 0 Å². The van der Waals surface area contributed by atoms with Gasteiger partial charge >= 0.3 is 0 Å². The van der Waals surface area contributed by atoms with Gasteiger partial charge in [0.15, 0.2) is 0 Å². The molecule has 0 aromatic heterocycles. The van der Waals surface area contributed by atoms with E-state index in [2.05, 4.69) is 49.1 Å². The predicted molar refractivity (Wildman–Crippen MR) is 146 cm³/mol. The van der Waals surface area contributed by atoms with Crippen molar-refractivity contribution in [2.75, 3.05) is 18.0 Å². The molecule has 4 heterocycles. The Morgan fingerprint density at radius 1 is 1.06 bits per heavy atom. The molecule has 0 unspecified atom stereocenters. The zero-order chi connectivity index (χ0) is 24.9. The summed E-state index contributed by atoms with van der Waals surface area (Å²) in [6.07, 6.45) is 12.8. The van der Waals surface area contributed by atoms with Gasteiger partial charge in [-0.1, -0.05) is 38.1 Å². The smallest absolute Gasteiger partial charge is 0.127 e. The molecule has 0 fully saturated rings. The Morgan fingerprint density at radius 3 is 2.47 bits per heavy atom. The van der Waals surface area contributed by atoms with Crippen molar-refractivity contribution in [1.82, 2.24) is 0 Å². The second kappa shape index (κ2) is 8.68. The highest BCUT2D eigenvalue weighted by Gasteiger charge is 2.37. The second-order valence-corrected chi connectivity index (χ2v) is 10.7. The molecule has 0 saturated carbocycles. The summed E-state index contributed by atoms with van der Waals surface area (Å²) in [5.41, 5.74) is 9.66. The van der Waals surface area contributed by atoms with Crippen molar-refractivity contribution in [2.45, 2.75) is 51.9 Å². The standard InChI is InChI=1S/C32H31N3O/c1-21-16-25(27(20-33)31-32(2,3)28-10-4-5-11-29(28)34-31)19-26(36-21)13-12-22-17-23-8-6-14-35-15-7-9-24(18-22)30(23)35/h4-5,10-13,16-19H,6-9,14-15H2,1-3H3. The second-order valence-electron chi connectivity index (χ2n) is 10.7. The summed E-state index contributed by atoms with van der Waals surface area (Å²) in [4.78, 5) is 7.45. The van der Waals surface area contributed by atoms with Gasteiger partial charge in [-0.25, -0.2) is 0 Å². The largest absolute Gasteiger partial charge is 0.462 e. The van der Waals surface area contributed by atoms with Crippen molar-refractivity contribution >= 4 is 23.2 Å². The normalized spacial score (nSPS) is 21.1. The van der Waals surface area contributed by atoms with Gasteiger partial charge < -0.3 is 9.64 Å². The van der Waals surface area contributed by atoms with Crippen LogP contribution in [0.25, 0.3) is 6.08 Å². The Labute approximate surface area is 213 Å². The molecule has 36 heavy (non-hydrogen) atoms. The van der Waals surface area contributed by atoms with Gasteiger partial charge in [-0.05, 0) is 91.3 Å². The molecular formula is C32H31N3O. The van der Waals surface area contributed by atoms with Gasteiger partial charge in [0.25, 0.3) is 0 Å². The van der Waals surface area contributed by atoms with Gasteiger partial charge in [0.2, 0.25) is 0 Å². The summed E-state index contributed by atoms with van der Waals surface area (Å²) in [6.45, 7) is 8.58. The fourth-order valence-electron chi connectivity index (χ4n) is 6.10. The maximum Gasteiger partial charge on any atom is 0.127 e. The van der Waals surface area contributed by atoms with Crippen molar-refractivity contribution in [3.05, 3.63) is 99.5 Å². The third-order valence-corrected chi connectivity index (χ3v) is 7.77. The summed E-state index contributed by atoms with van der Waals surface area (Å²) in [7, 11) is 0. The van der Waals surface area contributed by atoms with Gasteiger partial charge in [0.05, 0.1) is 17.0 Å². The summed E-state index contributed by atoms with van der Waals surface area (Å²) >= 11 is 0. The molecule has 180 valence electrons. The van der Waals surface area contributed by atoms with E-state index in [1.54, 1.807) is 0 Å². The molecule has 0 radical (unpaired) electrons. The zero-order valence-corrected chi connectivity index (χ0v) is 21.3. The first-order chi connectivity index (χ1) is 17.4. The number of rotatable bonds is 3. The molecule has 4 aliphatic heterocycles. The molecule has 0 saturated heterocycles. The number of aliphatic imine (C=N–C) groups is 1. The quantitative estimate of drug-likeness (QED) is 0.447. The lowest BCUT2D eigenvalue weighted by Crippen LogP contribution is -2.34. The van der Waals surface area contributed by atoms with Crippen molar-refractivity contribution < 1.29 is 4.74 Å². The number of nitriles is 1. The lowest BCUT2D eigenvalue weighted by Gasteiger charge is -2.37. The van der Waals surface area contributed by atoms with E-state index in [0.717, 1.165) is 46.9 Å². The van der Waals surface area contributed by atoms with Gasteiger partial charge in [0, 0.05) is 29.8 Å². The van der Waals surface area contributed by atoms with E-state index < -0.39 is 0 Å². The van der Waals surface area contributed by atoms with Crippen molar-refractivity contribution in [1.29, 1.82) is 5.26 Å². The molecule has 2 aromatic rings. The molecule has 4 heteroatoms. The van der Waals surface area contributed by atoms with Crippen LogP contribution in [0.1, 0.15) is 55.9 Å². The minimum absolute atomic E-state index is 0.336. The number of benzene rings is 2. The molecule has 0 amide bonds. The Kier molecular flexibility index (Phi) is 5.45. The summed E-state index contributed by atoms with van der Waals surface area (Å²) in [6, 6.07) is 15.3. The van der Waals surface area contributed by atoms with E-state index in [-0.39, 0.29) is 5.41 Å². The van der Waals surface area contributed by atoms with Crippen molar-refractivity contribution in [2.24, 2.45) is 4.99 Å². The number of fused-ring (bicyclic) bond motifs is 1. The van der Waals surface area contributed by atoms with E-state index in [4.69, 9.17) is 9.73 Å². The number of aryl methyl sites for hydroxylation is 2. The molecule has 4 nitrogen and oxygen atoms in total. The van der Waals surface area contributed by atoms with Crippen LogP contribution in [0.5, 0.6) is 0 Å². The molecular weight excluding hydrogens is 442 g/mol. The number of hydrogen-bond acceptors (Lipinski definition) is 4. The van der Waals surface area contributed by atoms with Gasteiger partial charge in [-0.15, -0.1) is 0 Å². The van der Waals surface area contributed by atoms with Crippen LogP contribution in [0.3, 0.4) is 0 Å². The van der Waals surface area contributed by atoms with Crippen LogP contribution in [0.2, 0.25) is 0 Å². The third kappa shape index (κ3) is 3.80. The molecule has 0 bridgehead atoms. The van der Waals surface area contributed by atoms with Crippen LogP contribution in [0.15, 0.2) is 82.3 Å². The van der Waals surface area contributed by atoms with Crippen LogP contribution in [0, 0.1) is 11.3 Å². The van der Waals surface area contributed by atoms with E-state index in [1.807, 2.05) is 43.4 Å². The number of anilines is 1. The number of allylic oxidation sites excluding steroid dienone is 6. The molecule has 0 N–H and O–H groups in total. The monoisotopic (exact) mass is 473 g/mol. The SMILES string of the molecule is CC1=CC(=C(C#N)C2=Nc3ccccc3C2(C)C)C=C(C=Cc2cc3c4c(c2)CCCN4CCC3)O1. The average molecular weight is 474 g/mol. The zero-order valence-electron chi connectivity index (χ0n) is 21.3. The highest BCUT2D eigenvalue weighted by Crippen LogP contribution is 2.43. The summed E-state index contributed by atoms with van der Waals surface area (Å²) < 4.78 is 6.05. The lowest BCUT2D eigenvalue weighted by atomic mass is 9.78. The van der Waals surface area contributed by atoms with Crippen molar-refractivity contribution in [3.8, 4) is 6.07 Å². The van der Waals surface area contributed by atoms with E-state index in [1.165, 1.54) is 48.3 Å².